The van der Waals surface area contributed by atoms with Crippen molar-refractivity contribution < 1.29 is 36.9 Å². The van der Waals surface area contributed by atoms with Gasteiger partial charge >= 0.3 is 12.1 Å². The fraction of sp³-hybridized carbons (Fsp3) is 0.367. The predicted octanol–water partition coefficient (Wildman–Crippen LogP) is 5.77. The number of hydrogen-bond donors (Lipinski definition) is 1. The first-order chi connectivity index (χ1) is 20.1. The van der Waals surface area contributed by atoms with E-state index in [1.165, 1.54) is 42.5 Å². The fourth-order valence-corrected chi connectivity index (χ4v) is 5.49. The summed E-state index contributed by atoms with van der Waals surface area (Å²) in [6, 6.07) is 10.8. The summed E-state index contributed by atoms with van der Waals surface area (Å²) < 4.78 is 68.5. The third-order valence-corrected chi connectivity index (χ3v) is 7.94. The molecule has 220 valence electrons. The maximum Gasteiger partial charge on any atom is 0.419 e. The Kier molecular flexibility index (Phi) is 7.36. The summed E-state index contributed by atoms with van der Waals surface area (Å²) in [5, 5.41) is 9.46. The van der Waals surface area contributed by atoms with Gasteiger partial charge in [-0.25, -0.2) is 19.2 Å². The monoisotopic (exact) mass is 584 g/mol. The molecule has 12 heteroatoms. The van der Waals surface area contributed by atoms with Crippen molar-refractivity contribution in [3.05, 3.63) is 88.1 Å². The van der Waals surface area contributed by atoms with Crippen LogP contribution in [0.3, 0.4) is 0 Å². The third-order valence-electron chi connectivity index (χ3n) is 7.94. The minimum Gasteiger partial charge on any atom is -0.488 e. The van der Waals surface area contributed by atoms with Gasteiger partial charge in [0.15, 0.2) is 11.3 Å². The first kappa shape index (κ1) is 28.1. The number of carbonyl (C=O) groups is 1. The van der Waals surface area contributed by atoms with Gasteiger partial charge in [-0.15, -0.1) is 0 Å². The number of aromatic carboxylic acids is 1. The second-order valence-electron chi connectivity index (χ2n) is 10.6. The van der Waals surface area contributed by atoms with Crippen molar-refractivity contribution in [1.82, 2.24) is 19.4 Å². The van der Waals surface area contributed by atoms with E-state index in [9.17, 15) is 27.5 Å². The molecule has 2 aliphatic rings. The Balaban J connectivity index is 1.30. The molecule has 2 aromatic heterocycles. The van der Waals surface area contributed by atoms with E-state index in [1.807, 2.05) is 11.5 Å². The van der Waals surface area contributed by atoms with Crippen LogP contribution < -0.4 is 4.74 Å². The molecule has 0 spiro atoms. The van der Waals surface area contributed by atoms with Gasteiger partial charge in [-0.1, -0.05) is 12.1 Å². The Morgan fingerprint density at radius 2 is 1.90 bits per heavy atom. The number of ether oxygens (including phenoxy) is 2. The van der Waals surface area contributed by atoms with Gasteiger partial charge in [0, 0.05) is 19.2 Å². The Hall–Kier alpha value is -4.03. The lowest BCUT2D eigenvalue weighted by Gasteiger charge is -2.36. The largest absolute Gasteiger partial charge is 0.488 e. The summed E-state index contributed by atoms with van der Waals surface area (Å²) in [5.74, 6) is -1.18. The van der Waals surface area contributed by atoms with Crippen molar-refractivity contribution in [2.24, 2.45) is 0 Å². The molecule has 1 N–H and O–H groups in total. The van der Waals surface area contributed by atoms with Gasteiger partial charge in [-0.3, -0.25) is 4.90 Å². The van der Waals surface area contributed by atoms with Crippen LogP contribution in [-0.2, 0) is 37.0 Å². The van der Waals surface area contributed by atoms with Crippen LogP contribution in [-0.4, -0.2) is 49.8 Å². The zero-order valence-corrected chi connectivity index (χ0v) is 22.7. The Morgan fingerprint density at radius 1 is 1.14 bits per heavy atom. The van der Waals surface area contributed by atoms with Crippen molar-refractivity contribution >= 4 is 17.1 Å². The van der Waals surface area contributed by atoms with E-state index in [1.54, 1.807) is 6.07 Å². The molecule has 6 rings (SSSR count). The zero-order valence-electron chi connectivity index (χ0n) is 22.7. The minimum atomic E-state index is -4.61. The van der Waals surface area contributed by atoms with Gasteiger partial charge < -0.3 is 19.1 Å². The molecule has 0 aliphatic carbocycles. The first-order valence-electron chi connectivity index (χ1n) is 13.6. The number of alkyl halides is 3. The number of nitrogens with zero attached hydrogens (tertiary/aromatic N) is 4. The van der Waals surface area contributed by atoms with E-state index < -0.39 is 23.5 Å². The second-order valence-corrected chi connectivity index (χ2v) is 10.6. The fourth-order valence-electron chi connectivity index (χ4n) is 5.49. The quantitative estimate of drug-likeness (QED) is 0.263. The number of rotatable bonds is 8. The van der Waals surface area contributed by atoms with Gasteiger partial charge in [0.25, 0.3) is 0 Å². The molecule has 0 amide bonds. The highest BCUT2D eigenvalue weighted by Crippen LogP contribution is 2.42. The van der Waals surface area contributed by atoms with Crippen LogP contribution in [0.4, 0.5) is 17.6 Å². The molecule has 2 aromatic carbocycles. The predicted molar refractivity (Wildman–Crippen MR) is 144 cm³/mol. The van der Waals surface area contributed by atoms with Gasteiger partial charge in [-0.2, -0.15) is 13.2 Å². The molecule has 4 aromatic rings. The number of aromatic nitrogens is 3. The molecule has 2 aliphatic heterocycles. The highest BCUT2D eigenvalue weighted by atomic mass is 19.4. The Bertz CT molecular complexity index is 1630. The lowest BCUT2D eigenvalue weighted by Crippen LogP contribution is -2.36. The van der Waals surface area contributed by atoms with E-state index in [0.29, 0.717) is 60.8 Å². The molecule has 4 heterocycles. The van der Waals surface area contributed by atoms with Crippen LogP contribution in [0.2, 0.25) is 0 Å². The highest BCUT2D eigenvalue weighted by Gasteiger charge is 2.37. The summed E-state index contributed by atoms with van der Waals surface area (Å²) in [4.78, 5) is 22.8. The molecule has 2 atom stereocenters. The highest BCUT2D eigenvalue weighted by molar-refractivity contribution is 5.88. The third kappa shape index (κ3) is 5.56. The van der Waals surface area contributed by atoms with E-state index in [-0.39, 0.29) is 30.2 Å². The molecule has 0 saturated carbocycles. The summed E-state index contributed by atoms with van der Waals surface area (Å²) in [7, 11) is 0. The number of carboxylic acids is 1. The van der Waals surface area contributed by atoms with E-state index >= 15 is 0 Å². The standard InChI is InChI=1S/C30H28F4N4O4/c1-17-22-13-26(42-16-18-2-4-20(31)5-3-18)23(30(32,33)34)12-19(22)8-10-37(17)15-27-35-24-6-7-25(29(39)40)36-28(24)38(27)14-21-9-11-41-21/h2-7,12-13,17,21H,8-11,14-16H2,1H3,(H,39,40)/t17-,21-/m0/s1. The second kappa shape index (κ2) is 11.0. The average Bonchev–Trinajstić information content (AvgIpc) is 3.27. The van der Waals surface area contributed by atoms with Crippen molar-refractivity contribution in [2.75, 3.05) is 13.2 Å². The van der Waals surface area contributed by atoms with Crippen molar-refractivity contribution in [1.29, 1.82) is 0 Å². The topological polar surface area (TPSA) is 89.7 Å². The van der Waals surface area contributed by atoms with Crippen molar-refractivity contribution in [3.63, 3.8) is 0 Å². The van der Waals surface area contributed by atoms with Gasteiger partial charge in [0.05, 0.1) is 24.8 Å². The summed E-state index contributed by atoms with van der Waals surface area (Å²) >= 11 is 0. The van der Waals surface area contributed by atoms with Gasteiger partial charge in [0.1, 0.15) is 29.5 Å². The number of imidazole rings is 1. The molecule has 42 heavy (non-hydrogen) atoms. The van der Waals surface area contributed by atoms with Crippen molar-refractivity contribution in [3.8, 4) is 5.75 Å². The lowest BCUT2D eigenvalue weighted by atomic mass is 9.91. The van der Waals surface area contributed by atoms with E-state index in [4.69, 9.17) is 14.5 Å². The lowest BCUT2D eigenvalue weighted by molar-refractivity contribution is -0.139. The number of benzene rings is 2. The number of hydrogen-bond acceptors (Lipinski definition) is 6. The minimum absolute atomic E-state index is 0.0301. The first-order valence-corrected chi connectivity index (χ1v) is 13.6. The summed E-state index contributed by atoms with van der Waals surface area (Å²) in [5.41, 5.74) is 1.96. The number of pyridine rings is 1. The molecular formula is C30H28F4N4O4. The Morgan fingerprint density at radius 3 is 2.57 bits per heavy atom. The normalized spacial score (nSPS) is 19.0. The van der Waals surface area contributed by atoms with E-state index in [0.717, 1.165) is 12.0 Å². The summed E-state index contributed by atoms with van der Waals surface area (Å²) in [6.45, 7) is 3.79. The van der Waals surface area contributed by atoms with Gasteiger partial charge in [-0.05, 0) is 72.9 Å². The van der Waals surface area contributed by atoms with Crippen LogP contribution in [0.5, 0.6) is 5.75 Å². The number of fused-ring (bicyclic) bond motifs is 2. The average molecular weight is 585 g/mol. The summed E-state index contributed by atoms with van der Waals surface area (Å²) in [6.07, 6.45) is -3.37. The van der Waals surface area contributed by atoms with Crippen LogP contribution in [0.15, 0.2) is 48.5 Å². The maximum atomic E-state index is 14.0. The number of halogens is 4. The van der Waals surface area contributed by atoms with Gasteiger partial charge in [0.2, 0.25) is 0 Å². The van der Waals surface area contributed by atoms with E-state index in [2.05, 4.69) is 9.88 Å². The molecule has 0 bridgehead atoms. The SMILES string of the molecule is C[C@H]1c2cc(OCc3ccc(F)cc3)c(C(F)(F)F)cc2CCN1Cc1nc2ccc(C(=O)O)nc2n1C[C@@H]1CCO1. The number of carboxylic acid groups (broad SMARTS) is 1. The smallest absolute Gasteiger partial charge is 0.419 e. The van der Waals surface area contributed by atoms with Crippen LogP contribution in [0, 0.1) is 5.82 Å². The molecule has 1 saturated heterocycles. The molecule has 1 fully saturated rings. The molecule has 0 radical (unpaired) electrons. The Labute approximate surface area is 238 Å². The molecular weight excluding hydrogens is 556 g/mol. The molecule has 0 unspecified atom stereocenters. The van der Waals surface area contributed by atoms with Crippen LogP contribution in [0.25, 0.3) is 11.2 Å². The van der Waals surface area contributed by atoms with Crippen LogP contribution in [0.1, 0.15) is 58.0 Å². The maximum absolute atomic E-state index is 14.0. The molecule has 8 nitrogen and oxygen atoms in total. The van der Waals surface area contributed by atoms with Crippen LogP contribution >= 0.6 is 0 Å². The van der Waals surface area contributed by atoms with Crippen molar-refractivity contribution in [2.45, 2.75) is 57.8 Å². The zero-order chi connectivity index (χ0) is 29.6.